The highest BCUT2D eigenvalue weighted by Crippen LogP contribution is 2.39. The SMILES string of the molecule is CCC(=O)Oc1c(Sc2ccc(Cl)cc2)c(C)nn1-c1ccccc1. The van der Waals surface area contributed by atoms with Gasteiger partial charge in [-0.3, -0.25) is 4.79 Å². The van der Waals surface area contributed by atoms with Gasteiger partial charge in [-0.1, -0.05) is 48.5 Å². The Morgan fingerprint density at radius 1 is 1.16 bits per heavy atom. The molecule has 0 saturated carbocycles. The summed E-state index contributed by atoms with van der Waals surface area (Å²) in [6.45, 7) is 3.67. The van der Waals surface area contributed by atoms with E-state index in [1.165, 1.54) is 11.8 Å². The molecule has 3 aromatic rings. The molecule has 3 rings (SSSR count). The van der Waals surface area contributed by atoms with Crippen molar-refractivity contribution in [3.05, 3.63) is 65.3 Å². The molecular formula is C19H17ClN2O2S. The molecule has 0 spiro atoms. The number of esters is 1. The highest BCUT2D eigenvalue weighted by Gasteiger charge is 2.21. The summed E-state index contributed by atoms with van der Waals surface area (Å²) in [7, 11) is 0. The first kappa shape index (κ1) is 17.6. The lowest BCUT2D eigenvalue weighted by atomic mass is 10.3. The second-order valence-corrected chi connectivity index (χ2v) is 6.87. The number of hydrogen-bond acceptors (Lipinski definition) is 4. The predicted molar refractivity (Wildman–Crippen MR) is 99.8 cm³/mol. The van der Waals surface area contributed by atoms with E-state index in [0.29, 0.717) is 17.3 Å². The van der Waals surface area contributed by atoms with Crippen LogP contribution in [0.15, 0.2) is 64.4 Å². The number of carbonyl (C=O) groups is 1. The molecule has 4 nitrogen and oxygen atoms in total. The van der Waals surface area contributed by atoms with Gasteiger partial charge >= 0.3 is 5.97 Å². The van der Waals surface area contributed by atoms with Gasteiger partial charge in [-0.2, -0.15) is 9.78 Å². The number of nitrogens with zero attached hydrogens (tertiary/aromatic N) is 2. The monoisotopic (exact) mass is 372 g/mol. The molecule has 0 amide bonds. The largest absolute Gasteiger partial charge is 0.406 e. The average Bonchev–Trinajstić information content (AvgIpc) is 2.93. The topological polar surface area (TPSA) is 44.1 Å². The van der Waals surface area contributed by atoms with Crippen LogP contribution in [-0.4, -0.2) is 15.7 Å². The number of ether oxygens (including phenoxy) is 1. The fraction of sp³-hybridized carbons (Fsp3) is 0.158. The zero-order valence-corrected chi connectivity index (χ0v) is 15.5. The summed E-state index contributed by atoms with van der Waals surface area (Å²) in [5.74, 6) is 0.144. The second kappa shape index (κ2) is 7.76. The maximum Gasteiger partial charge on any atom is 0.312 e. The van der Waals surface area contributed by atoms with E-state index in [2.05, 4.69) is 5.10 Å². The Balaban J connectivity index is 2.05. The molecule has 1 aromatic heterocycles. The number of aryl methyl sites for hydroxylation is 1. The first-order valence-electron chi connectivity index (χ1n) is 7.87. The predicted octanol–water partition coefficient (Wildman–Crippen LogP) is 5.30. The number of benzene rings is 2. The lowest BCUT2D eigenvalue weighted by Crippen LogP contribution is -2.10. The van der Waals surface area contributed by atoms with Crippen LogP contribution in [0.2, 0.25) is 5.02 Å². The van der Waals surface area contributed by atoms with Crippen molar-refractivity contribution < 1.29 is 9.53 Å². The fourth-order valence-corrected chi connectivity index (χ4v) is 3.28. The van der Waals surface area contributed by atoms with Gasteiger partial charge in [-0.25, -0.2) is 0 Å². The lowest BCUT2D eigenvalue weighted by Gasteiger charge is -2.09. The molecule has 0 unspecified atom stereocenters. The molecule has 128 valence electrons. The van der Waals surface area contributed by atoms with Crippen LogP contribution in [0, 0.1) is 6.92 Å². The summed E-state index contributed by atoms with van der Waals surface area (Å²) < 4.78 is 7.28. The summed E-state index contributed by atoms with van der Waals surface area (Å²) >= 11 is 7.45. The normalized spacial score (nSPS) is 10.7. The maximum atomic E-state index is 11.9. The highest BCUT2D eigenvalue weighted by atomic mass is 35.5. The molecule has 25 heavy (non-hydrogen) atoms. The number of aromatic nitrogens is 2. The van der Waals surface area contributed by atoms with E-state index in [1.807, 2.05) is 61.5 Å². The van der Waals surface area contributed by atoms with E-state index < -0.39 is 0 Å². The first-order valence-corrected chi connectivity index (χ1v) is 9.07. The summed E-state index contributed by atoms with van der Waals surface area (Å²) in [4.78, 5) is 13.7. The van der Waals surface area contributed by atoms with Crippen molar-refractivity contribution in [2.75, 3.05) is 0 Å². The van der Waals surface area contributed by atoms with E-state index in [1.54, 1.807) is 11.6 Å². The van der Waals surface area contributed by atoms with Crippen LogP contribution >= 0.6 is 23.4 Å². The van der Waals surface area contributed by atoms with E-state index in [4.69, 9.17) is 16.3 Å². The van der Waals surface area contributed by atoms with Crippen LogP contribution in [0.5, 0.6) is 5.88 Å². The number of para-hydroxylation sites is 1. The van der Waals surface area contributed by atoms with Crippen molar-refractivity contribution in [1.29, 1.82) is 0 Å². The van der Waals surface area contributed by atoms with E-state index in [9.17, 15) is 4.79 Å². The second-order valence-electron chi connectivity index (χ2n) is 5.35. The molecule has 0 fully saturated rings. The van der Waals surface area contributed by atoms with Gasteiger partial charge in [0.15, 0.2) is 0 Å². The molecule has 0 aliphatic heterocycles. The Hall–Kier alpha value is -2.24. The minimum absolute atomic E-state index is 0.296. The zero-order valence-electron chi connectivity index (χ0n) is 13.9. The van der Waals surface area contributed by atoms with Crippen molar-refractivity contribution in [2.45, 2.75) is 30.1 Å². The van der Waals surface area contributed by atoms with Gasteiger partial charge in [0.25, 0.3) is 0 Å². The first-order chi connectivity index (χ1) is 12.1. The summed E-state index contributed by atoms with van der Waals surface area (Å²) in [5.41, 5.74) is 1.63. The molecule has 0 aliphatic rings. The van der Waals surface area contributed by atoms with E-state index >= 15 is 0 Å². The van der Waals surface area contributed by atoms with Gasteiger partial charge in [0.2, 0.25) is 5.88 Å². The van der Waals surface area contributed by atoms with Crippen LogP contribution < -0.4 is 4.74 Å². The van der Waals surface area contributed by atoms with Crippen molar-refractivity contribution in [1.82, 2.24) is 9.78 Å². The number of carbonyl (C=O) groups excluding carboxylic acids is 1. The van der Waals surface area contributed by atoms with Crippen LogP contribution in [0.1, 0.15) is 19.0 Å². The molecule has 1 heterocycles. The Labute approximate surface area is 155 Å². The van der Waals surface area contributed by atoms with Gasteiger partial charge in [0.05, 0.1) is 16.3 Å². The third-order valence-corrected chi connectivity index (χ3v) is 4.93. The molecule has 0 bridgehead atoms. The molecule has 2 aromatic carbocycles. The molecule has 6 heteroatoms. The van der Waals surface area contributed by atoms with Crippen molar-refractivity contribution in [2.24, 2.45) is 0 Å². The standard InChI is InChI=1S/C19H17ClN2O2S/c1-3-17(23)24-19-18(25-16-11-9-14(20)10-12-16)13(2)21-22(19)15-7-5-4-6-8-15/h4-12H,3H2,1-2H3. The molecule has 0 atom stereocenters. The summed E-state index contributed by atoms with van der Waals surface area (Å²) in [5, 5.41) is 5.25. The van der Waals surface area contributed by atoms with Crippen molar-refractivity contribution in [3.8, 4) is 11.6 Å². The van der Waals surface area contributed by atoms with Gasteiger partial charge < -0.3 is 4.74 Å². The van der Waals surface area contributed by atoms with Gasteiger partial charge in [0.1, 0.15) is 0 Å². The number of halogens is 1. The third kappa shape index (κ3) is 4.06. The van der Waals surface area contributed by atoms with Crippen LogP contribution in [0.25, 0.3) is 5.69 Å². The molecule has 0 radical (unpaired) electrons. The molecule has 0 N–H and O–H groups in total. The lowest BCUT2D eigenvalue weighted by molar-refractivity contribution is -0.134. The average molecular weight is 373 g/mol. The Morgan fingerprint density at radius 3 is 2.48 bits per heavy atom. The zero-order chi connectivity index (χ0) is 17.8. The maximum absolute atomic E-state index is 11.9. The van der Waals surface area contributed by atoms with Crippen molar-refractivity contribution >= 4 is 29.3 Å². The van der Waals surface area contributed by atoms with Crippen LogP contribution in [0.4, 0.5) is 0 Å². The quantitative estimate of drug-likeness (QED) is 0.570. The van der Waals surface area contributed by atoms with E-state index in [0.717, 1.165) is 21.2 Å². The number of rotatable bonds is 5. The van der Waals surface area contributed by atoms with Crippen LogP contribution in [-0.2, 0) is 4.79 Å². The van der Waals surface area contributed by atoms with E-state index in [-0.39, 0.29) is 5.97 Å². The Bertz CT molecular complexity index is 876. The third-order valence-electron chi connectivity index (χ3n) is 3.50. The molecule has 0 saturated heterocycles. The summed E-state index contributed by atoms with van der Waals surface area (Å²) in [6.07, 6.45) is 0.296. The minimum Gasteiger partial charge on any atom is -0.406 e. The smallest absolute Gasteiger partial charge is 0.312 e. The van der Waals surface area contributed by atoms with Crippen LogP contribution in [0.3, 0.4) is 0 Å². The van der Waals surface area contributed by atoms with Gasteiger partial charge in [-0.15, -0.1) is 0 Å². The Kier molecular flexibility index (Phi) is 5.46. The Morgan fingerprint density at radius 2 is 1.84 bits per heavy atom. The minimum atomic E-state index is -0.296. The number of hydrogen-bond donors (Lipinski definition) is 0. The van der Waals surface area contributed by atoms with Crippen molar-refractivity contribution in [3.63, 3.8) is 0 Å². The highest BCUT2D eigenvalue weighted by molar-refractivity contribution is 7.99. The van der Waals surface area contributed by atoms with Gasteiger partial charge in [0, 0.05) is 16.3 Å². The molecular weight excluding hydrogens is 356 g/mol. The fourth-order valence-electron chi connectivity index (χ4n) is 2.24. The van der Waals surface area contributed by atoms with Gasteiger partial charge in [-0.05, 0) is 43.3 Å². The molecule has 0 aliphatic carbocycles. The summed E-state index contributed by atoms with van der Waals surface area (Å²) in [6, 6.07) is 17.1.